The van der Waals surface area contributed by atoms with Gasteiger partial charge in [0.15, 0.2) is 5.69 Å². The maximum atomic E-state index is 13.0. The van der Waals surface area contributed by atoms with Crippen molar-refractivity contribution in [2.45, 2.75) is 0 Å². The van der Waals surface area contributed by atoms with Crippen molar-refractivity contribution in [3.05, 3.63) is 115 Å². The molecule has 8 heteroatoms. The Morgan fingerprint density at radius 1 is 0.771 bits per heavy atom. The summed E-state index contributed by atoms with van der Waals surface area (Å²) in [5.74, 6) is 0.359. The highest BCUT2D eigenvalue weighted by Gasteiger charge is 2.09. The van der Waals surface area contributed by atoms with Gasteiger partial charge in [-0.1, -0.05) is 12.1 Å². The normalized spacial score (nSPS) is 10.4. The van der Waals surface area contributed by atoms with E-state index in [1.54, 1.807) is 61.2 Å². The van der Waals surface area contributed by atoms with Gasteiger partial charge in [-0.3, -0.25) is 14.8 Å². The van der Waals surface area contributed by atoms with Gasteiger partial charge in [0.1, 0.15) is 5.82 Å². The molecule has 0 saturated heterocycles. The van der Waals surface area contributed by atoms with Gasteiger partial charge < -0.3 is 16.0 Å². The second-order valence-electron chi connectivity index (χ2n) is 7.62. The van der Waals surface area contributed by atoms with Gasteiger partial charge in [0.25, 0.3) is 5.91 Å². The Hall–Kier alpha value is -5.29. The summed E-state index contributed by atoms with van der Waals surface area (Å²) in [5, 5.41) is 10.3. The maximum absolute atomic E-state index is 13.0. The van der Waals surface area contributed by atoms with Crippen LogP contribution in [0.15, 0.2) is 97.6 Å². The van der Waals surface area contributed by atoms with Crippen molar-refractivity contribution in [2.24, 2.45) is 0 Å². The molecule has 0 spiro atoms. The fraction of sp³-hybridized carbons (Fsp3) is 0. The molecule has 0 atom stereocenters. The molecule has 0 aliphatic heterocycles. The van der Waals surface area contributed by atoms with Crippen LogP contribution in [0.2, 0.25) is 0 Å². The largest absolute Gasteiger partial charge is 0.355 e. The number of amides is 1. The third kappa shape index (κ3) is 5.05. The Bertz CT molecular complexity index is 1560. The van der Waals surface area contributed by atoms with Crippen LogP contribution in [0, 0.1) is 6.57 Å². The van der Waals surface area contributed by atoms with Crippen LogP contribution in [0.25, 0.3) is 15.7 Å². The number of carbonyl (C=O) groups excluding carboxylic acids is 1. The summed E-state index contributed by atoms with van der Waals surface area (Å²) in [6.45, 7) is 7.28. The summed E-state index contributed by atoms with van der Waals surface area (Å²) in [4.78, 5) is 29.1. The summed E-state index contributed by atoms with van der Waals surface area (Å²) < 4.78 is 0. The van der Waals surface area contributed by atoms with Gasteiger partial charge in [0, 0.05) is 64.6 Å². The fourth-order valence-corrected chi connectivity index (χ4v) is 3.57. The molecule has 0 fully saturated rings. The molecule has 8 nitrogen and oxygen atoms in total. The molecular weight excluding hydrogens is 438 g/mol. The molecule has 0 aliphatic rings. The topological polar surface area (TPSA) is 96.2 Å². The Morgan fingerprint density at radius 3 is 2.46 bits per heavy atom. The van der Waals surface area contributed by atoms with E-state index in [9.17, 15) is 4.79 Å². The van der Waals surface area contributed by atoms with E-state index in [1.807, 2.05) is 36.4 Å². The summed E-state index contributed by atoms with van der Waals surface area (Å²) in [6.07, 6.45) is 6.71. The van der Waals surface area contributed by atoms with Crippen molar-refractivity contribution in [2.75, 3.05) is 16.0 Å². The van der Waals surface area contributed by atoms with Crippen molar-refractivity contribution < 1.29 is 4.79 Å². The van der Waals surface area contributed by atoms with E-state index in [2.05, 4.69) is 35.7 Å². The van der Waals surface area contributed by atoms with Gasteiger partial charge in [0.05, 0.1) is 12.1 Å². The number of hydrogen-bond acceptors (Lipinski definition) is 6. The predicted molar refractivity (Wildman–Crippen MR) is 137 cm³/mol. The van der Waals surface area contributed by atoms with Crippen molar-refractivity contribution >= 4 is 51.1 Å². The van der Waals surface area contributed by atoms with E-state index >= 15 is 0 Å². The number of hydrogen-bond donors (Lipinski definition) is 3. The number of nitrogens with one attached hydrogen (secondary N) is 3. The van der Waals surface area contributed by atoms with Gasteiger partial charge >= 0.3 is 0 Å². The van der Waals surface area contributed by atoms with Crippen LogP contribution >= 0.6 is 0 Å². The van der Waals surface area contributed by atoms with Gasteiger partial charge in [-0.2, -0.15) is 0 Å². The highest BCUT2D eigenvalue weighted by molar-refractivity contribution is 6.05. The first-order valence-corrected chi connectivity index (χ1v) is 10.8. The molecule has 3 N–H and O–H groups in total. The minimum Gasteiger partial charge on any atom is -0.355 e. The minimum atomic E-state index is -0.246. The Labute approximate surface area is 201 Å². The summed E-state index contributed by atoms with van der Waals surface area (Å²) in [6, 6.07) is 21.6. The lowest BCUT2D eigenvalue weighted by atomic mass is 10.1. The van der Waals surface area contributed by atoms with E-state index in [4.69, 9.17) is 6.57 Å². The average Bonchev–Trinajstić information content (AvgIpc) is 2.89. The van der Waals surface area contributed by atoms with E-state index in [0.717, 1.165) is 28.0 Å². The summed E-state index contributed by atoms with van der Waals surface area (Å²) in [5.41, 5.74) is 4.83. The molecular formula is C27H19N7O. The molecule has 0 bridgehead atoms. The van der Waals surface area contributed by atoms with Crippen LogP contribution < -0.4 is 16.0 Å². The predicted octanol–water partition coefficient (Wildman–Crippen LogP) is 6.32. The zero-order chi connectivity index (χ0) is 24.0. The average molecular weight is 457 g/mol. The standard InChI is InChI=1S/C27H19N7O/c1-28-20-5-6-24-23(16-20)25(10-14-30-24)32-21-4-2-3-18(15-21)27(35)34-22-9-13-31-26(17-22)33-19-7-11-29-12-8-19/h2-17H,(H,30,32)(H2,29,31,33,34,35). The first kappa shape index (κ1) is 21.6. The monoisotopic (exact) mass is 457 g/mol. The third-order valence-electron chi connectivity index (χ3n) is 5.23. The van der Waals surface area contributed by atoms with Crippen LogP contribution in [-0.4, -0.2) is 20.9 Å². The lowest BCUT2D eigenvalue weighted by Gasteiger charge is -2.12. The molecule has 5 aromatic rings. The van der Waals surface area contributed by atoms with Gasteiger partial charge in [-0.05, 0) is 54.6 Å². The second-order valence-corrected chi connectivity index (χ2v) is 7.62. The first-order chi connectivity index (χ1) is 17.2. The quantitative estimate of drug-likeness (QED) is 0.258. The van der Waals surface area contributed by atoms with Crippen LogP contribution in [0.4, 0.5) is 34.3 Å². The number of pyridine rings is 3. The minimum absolute atomic E-state index is 0.246. The van der Waals surface area contributed by atoms with E-state index in [1.165, 1.54) is 0 Å². The summed E-state index contributed by atoms with van der Waals surface area (Å²) >= 11 is 0. The fourth-order valence-electron chi connectivity index (χ4n) is 3.57. The highest BCUT2D eigenvalue weighted by atomic mass is 16.1. The lowest BCUT2D eigenvalue weighted by Crippen LogP contribution is -2.12. The molecule has 0 unspecified atom stereocenters. The van der Waals surface area contributed by atoms with Gasteiger partial charge in [0.2, 0.25) is 0 Å². The van der Waals surface area contributed by atoms with Crippen LogP contribution in [0.1, 0.15) is 10.4 Å². The lowest BCUT2D eigenvalue weighted by molar-refractivity contribution is 0.102. The maximum Gasteiger partial charge on any atom is 0.255 e. The molecule has 3 heterocycles. The molecule has 2 aromatic carbocycles. The van der Waals surface area contributed by atoms with E-state index in [-0.39, 0.29) is 5.91 Å². The number of benzene rings is 2. The highest BCUT2D eigenvalue weighted by Crippen LogP contribution is 2.29. The summed E-state index contributed by atoms with van der Waals surface area (Å²) in [7, 11) is 0. The van der Waals surface area contributed by atoms with Gasteiger partial charge in [-0.25, -0.2) is 9.83 Å². The Morgan fingerprint density at radius 2 is 1.60 bits per heavy atom. The van der Waals surface area contributed by atoms with Crippen molar-refractivity contribution in [3.63, 3.8) is 0 Å². The Balaban J connectivity index is 1.33. The number of rotatable bonds is 6. The molecule has 3 aromatic heterocycles. The molecule has 0 saturated carbocycles. The first-order valence-electron chi connectivity index (χ1n) is 10.8. The SMILES string of the molecule is [C-]#[N+]c1ccc2nccc(Nc3cccc(C(=O)Nc4ccnc(Nc5ccncc5)c4)c3)c2c1. The molecule has 35 heavy (non-hydrogen) atoms. The smallest absolute Gasteiger partial charge is 0.255 e. The zero-order valence-corrected chi connectivity index (χ0v) is 18.4. The molecule has 1 amide bonds. The van der Waals surface area contributed by atoms with Crippen molar-refractivity contribution in [1.82, 2.24) is 15.0 Å². The number of fused-ring (bicyclic) bond motifs is 1. The van der Waals surface area contributed by atoms with E-state index < -0.39 is 0 Å². The van der Waals surface area contributed by atoms with E-state index in [0.29, 0.717) is 22.8 Å². The van der Waals surface area contributed by atoms with Crippen molar-refractivity contribution in [3.8, 4) is 0 Å². The third-order valence-corrected chi connectivity index (χ3v) is 5.23. The number of aromatic nitrogens is 3. The van der Waals surface area contributed by atoms with Crippen LogP contribution in [0.5, 0.6) is 0 Å². The number of nitrogens with zero attached hydrogens (tertiary/aromatic N) is 4. The van der Waals surface area contributed by atoms with Crippen LogP contribution in [-0.2, 0) is 0 Å². The second kappa shape index (κ2) is 9.68. The van der Waals surface area contributed by atoms with Crippen molar-refractivity contribution in [1.29, 1.82) is 0 Å². The number of anilines is 5. The molecule has 5 rings (SSSR count). The molecule has 168 valence electrons. The van der Waals surface area contributed by atoms with Crippen LogP contribution in [0.3, 0.4) is 0 Å². The molecule has 0 aliphatic carbocycles. The van der Waals surface area contributed by atoms with Gasteiger partial charge in [-0.15, -0.1) is 0 Å². The zero-order valence-electron chi connectivity index (χ0n) is 18.4. The molecule has 0 radical (unpaired) electrons. The number of carbonyl (C=O) groups is 1. The Kier molecular flexibility index (Phi) is 5.96.